The van der Waals surface area contributed by atoms with Gasteiger partial charge in [-0.25, -0.2) is 9.37 Å². The molecule has 0 bridgehead atoms. The fraction of sp³-hybridized carbons (Fsp3) is 0.286. The largest absolute Gasteiger partial charge is 0.481 e. The molecule has 0 amide bonds. The Kier molecular flexibility index (Phi) is 4.28. The van der Waals surface area contributed by atoms with Crippen molar-refractivity contribution in [3.05, 3.63) is 53.9 Å². The minimum absolute atomic E-state index is 0.0737. The number of nitrogens with zero attached hydrogens (tertiary/aromatic N) is 2. The van der Waals surface area contributed by atoms with Crippen molar-refractivity contribution in [2.24, 2.45) is 0 Å². The van der Waals surface area contributed by atoms with E-state index < -0.39 is 5.97 Å². The number of imidazole rings is 1. The standard InChI is InChI=1S/C14H15FN2O2/c15-13-4-2-1-3-11(13)7-8-17-9-12(16-10-17)5-6-14(18)19/h1-4,9-10H,5-8H2,(H,18,19). The fourth-order valence-electron chi connectivity index (χ4n) is 1.84. The lowest BCUT2D eigenvalue weighted by Gasteiger charge is -2.03. The quantitative estimate of drug-likeness (QED) is 0.869. The summed E-state index contributed by atoms with van der Waals surface area (Å²) in [5.41, 5.74) is 1.42. The third-order valence-corrected chi connectivity index (χ3v) is 2.88. The molecule has 0 aliphatic carbocycles. The van der Waals surface area contributed by atoms with Gasteiger partial charge in [-0.1, -0.05) is 18.2 Å². The van der Waals surface area contributed by atoms with Crippen molar-refractivity contribution >= 4 is 5.97 Å². The third kappa shape index (κ3) is 3.91. The van der Waals surface area contributed by atoms with Gasteiger partial charge in [0, 0.05) is 19.2 Å². The molecule has 0 aliphatic heterocycles. The van der Waals surface area contributed by atoms with Crippen LogP contribution in [0.4, 0.5) is 4.39 Å². The first kappa shape index (κ1) is 13.3. The number of aromatic nitrogens is 2. The van der Waals surface area contributed by atoms with Crippen LogP contribution in [0.5, 0.6) is 0 Å². The lowest BCUT2D eigenvalue weighted by Crippen LogP contribution is -2.01. The maximum atomic E-state index is 13.4. The van der Waals surface area contributed by atoms with Crippen LogP contribution >= 0.6 is 0 Å². The molecule has 5 heteroatoms. The second-order valence-corrected chi connectivity index (χ2v) is 4.34. The van der Waals surface area contributed by atoms with Gasteiger partial charge in [-0.2, -0.15) is 0 Å². The van der Waals surface area contributed by atoms with E-state index in [4.69, 9.17) is 5.11 Å². The maximum Gasteiger partial charge on any atom is 0.303 e. The summed E-state index contributed by atoms with van der Waals surface area (Å²) in [6, 6.07) is 6.68. The predicted molar refractivity (Wildman–Crippen MR) is 68.3 cm³/mol. The Labute approximate surface area is 110 Å². The molecule has 0 fully saturated rings. The topological polar surface area (TPSA) is 55.1 Å². The van der Waals surface area contributed by atoms with Crippen LogP contribution in [0, 0.1) is 5.82 Å². The van der Waals surface area contributed by atoms with Crippen molar-refractivity contribution in [1.29, 1.82) is 0 Å². The maximum absolute atomic E-state index is 13.4. The molecule has 0 unspecified atom stereocenters. The van der Waals surface area contributed by atoms with E-state index in [1.807, 2.05) is 16.8 Å². The van der Waals surface area contributed by atoms with Crippen LogP contribution in [-0.2, 0) is 24.2 Å². The van der Waals surface area contributed by atoms with E-state index >= 15 is 0 Å². The summed E-state index contributed by atoms with van der Waals surface area (Å²) in [5, 5.41) is 8.59. The van der Waals surface area contributed by atoms with Gasteiger partial charge in [0.05, 0.1) is 18.4 Å². The van der Waals surface area contributed by atoms with Gasteiger partial charge in [-0.3, -0.25) is 4.79 Å². The molecule has 19 heavy (non-hydrogen) atoms. The van der Waals surface area contributed by atoms with E-state index in [2.05, 4.69) is 4.98 Å². The highest BCUT2D eigenvalue weighted by atomic mass is 19.1. The van der Waals surface area contributed by atoms with Crippen molar-refractivity contribution in [3.8, 4) is 0 Å². The Morgan fingerprint density at radius 3 is 2.84 bits per heavy atom. The second kappa shape index (κ2) is 6.13. The Morgan fingerprint density at radius 1 is 1.32 bits per heavy atom. The Morgan fingerprint density at radius 2 is 2.11 bits per heavy atom. The molecule has 1 aromatic heterocycles. The first-order valence-electron chi connectivity index (χ1n) is 6.11. The van der Waals surface area contributed by atoms with E-state index in [0.29, 0.717) is 24.9 Å². The Balaban J connectivity index is 1.90. The molecule has 100 valence electrons. The van der Waals surface area contributed by atoms with E-state index in [-0.39, 0.29) is 12.2 Å². The fourth-order valence-corrected chi connectivity index (χ4v) is 1.84. The normalized spacial score (nSPS) is 10.6. The summed E-state index contributed by atoms with van der Waals surface area (Å²) in [5.74, 6) is -1.03. The molecule has 0 atom stereocenters. The highest BCUT2D eigenvalue weighted by Gasteiger charge is 2.04. The number of aryl methyl sites for hydroxylation is 3. The number of hydrogen-bond acceptors (Lipinski definition) is 2. The van der Waals surface area contributed by atoms with Gasteiger partial charge < -0.3 is 9.67 Å². The van der Waals surface area contributed by atoms with Crippen molar-refractivity contribution < 1.29 is 14.3 Å². The van der Waals surface area contributed by atoms with Crippen molar-refractivity contribution in [1.82, 2.24) is 9.55 Å². The van der Waals surface area contributed by atoms with Crippen LogP contribution in [-0.4, -0.2) is 20.6 Å². The lowest BCUT2D eigenvalue weighted by atomic mass is 10.1. The lowest BCUT2D eigenvalue weighted by molar-refractivity contribution is -0.136. The van der Waals surface area contributed by atoms with Crippen molar-refractivity contribution in [3.63, 3.8) is 0 Å². The molecule has 2 aromatic rings. The summed E-state index contributed by atoms with van der Waals surface area (Å²) >= 11 is 0. The first-order valence-corrected chi connectivity index (χ1v) is 6.11. The number of carboxylic acids is 1. The van der Waals surface area contributed by atoms with Crippen molar-refractivity contribution in [2.45, 2.75) is 25.8 Å². The van der Waals surface area contributed by atoms with E-state index in [1.165, 1.54) is 6.07 Å². The van der Waals surface area contributed by atoms with Crippen LogP contribution in [0.1, 0.15) is 17.7 Å². The number of hydrogen-bond donors (Lipinski definition) is 1. The summed E-state index contributed by atoms with van der Waals surface area (Å²) in [6.07, 6.45) is 4.54. The first-order chi connectivity index (χ1) is 9.15. The van der Waals surface area contributed by atoms with Gasteiger partial charge >= 0.3 is 5.97 Å². The minimum atomic E-state index is -0.832. The molecule has 1 aromatic carbocycles. The predicted octanol–water partition coefficient (Wildman–Crippen LogP) is 2.28. The zero-order valence-electron chi connectivity index (χ0n) is 10.4. The van der Waals surface area contributed by atoms with Crippen LogP contribution in [0.15, 0.2) is 36.8 Å². The summed E-state index contributed by atoms with van der Waals surface area (Å²) in [4.78, 5) is 14.6. The second-order valence-electron chi connectivity index (χ2n) is 4.34. The zero-order chi connectivity index (χ0) is 13.7. The molecule has 1 heterocycles. The summed E-state index contributed by atoms with van der Waals surface area (Å²) in [7, 11) is 0. The molecule has 0 aliphatic rings. The number of carbonyl (C=O) groups is 1. The van der Waals surface area contributed by atoms with Gasteiger partial charge in [-0.15, -0.1) is 0 Å². The van der Waals surface area contributed by atoms with Crippen LogP contribution in [0.25, 0.3) is 0 Å². The summed E-state index contributed by atoms with van der Waals surface area (Å²) < 4.78 is 15.3. The molecular weight excluding hydrogens is 247 g/mol. The van der Waals surface area contributed by atoms with Crippen LogP contribution in [0.2, 0.25) is 0 Å². The number of aliphatic carboxylic acids is 1. The molecule has 2 rings (SSSR count). The van der Waals surface area contributed by atoms with Crippen LogP contribution in [0.3, 0.4) is 0 Å². The Hall–Kier alpha value is -2.17. The smallest absolute Gasteiger partial charge is 0.303 e. The molecule has 4 nitrogen and oxygen atoms in total. The minimum Gasteiger partial charge on any atom is -0.481 e. The molecule has 0 saturated carbocycles. The van der Waals surface area contributed by atoms with Gasteiger partial charge in [0.2, 0.25) is 0 Å². The highest BCUT2D eigenvalue weighted by Crippen LogP contribution is 2.09. The van der Waals surface area contributed by atoms with Crippen molar-refractivity contribution in [2.75, 3.05) is 0 Å². The third-order valence-electron chi connectivity index (χ3n) is 2.88. The average Bonchev–Trinajstić information content (AvgIpc) is 2.83. The Bertz CT molecular complexity index is 566. The van der Waals surface area contributed by atoms with E-state index in [0.717, 1.165) is 5.69 Å². The van der Waals surface area contributed by atoms with E-state index in [1.54, 1.807) is 18.5 Å². The number of rotatable bonds is 6. The molecule has 0 saturated heterocycles. The molecular formula is C14H15FN2O2. The number of carboxylic acid groups (broad SMARTS) is 1. The van der Waals surface area contributed by atoms with Gasteiger partial charge in [0.1, 0.15) is 5.82 Å². The molecule has 0 radical (unpaired) electrons. The summed E-state index contributed by atoms with van der Waals surface area (Å²) in [6.45, 7) is 0.626. The highest BCUT2D eigenvalue weighted by molar-refractivity contribution is 5.66. The van der Waals surface area contributed by atoms with Gasteiger partial charge in [-0.05, 0) is 18.1 Å². The average molecular weight is 262 g/mol. The molecule has 1 N–H and O–H groups in total. The molecule has 0 spiro atoms. The monoisotopic (exact) mass is 262 g/mol. The van der Waals surface area contributed by atoms with E-state index in [9.17, 15) is 9.18 Å². The number of halogens is 1. The van der Waals surface area contributed by atoms with Crippen LogP contribution < -0.4 is 0 Å². The number of benzene rings is 1. The zero-order valence-corrected chi connectivity index (χ0v) is 10.4. The van der Waals surface area contributed by atoms with Gasteiger partial charge in [0.25, 0.3) is 0 Å². The SMILES string of the molecule is O=C(O)CCc1cn(CCc2ccccc2F)cn1. The van der Waals surface area contributed by atoms with Gasteiger partial charge in [0.15, 0.2) is 0 Å².